The van der Waals surface area contributed by atoms with Crippen molar-refractivity contribution in [2.45, 2.75) is 59.7 Å². The molecule has 3 heteroatoms. The van der Waals surface area contributed by atoms with E-state index in [0.717, 1.165) is 44.5 Å². The van der Waals surface area contributed by atoms with E-state index < -0.39 is 12.2 Å². The molecule has 2 aromatic carbocycles. The summed E-state index contributed by atoms with van der Waals surface area (Å²) >= 11 is 0. The highest BCUT2D eigenvalue weighted by Gasteiger charge is 2.34. The van der Waals surface area contributed by atoms with E-state index in [4.69, 9.17) is 9.47 Å². The van der Waals surface area contributed by atoms with Crippen LogP contribution in [0.15, 0.2) is 29.8 Å². The van der Waals surface area contributed by atoms with Crippen LogP contribution in [0.4, 0.5) is 0 Å². The fourth-order valence-corrected chi connectivity index (χ4v) is 3.63. The Morgan fingerprint density at radius 2 is 2.04 bits per heavy atom. The third kappa shape index (κ3) is 3.02. The highest BCUT2D eigenvalue weighted by Crippen LogP contribution is 2.49. The normalized spacial score (nSPS) is 19.0. The molecular formula is C22H28O3. The number of hydrogen-bond acceptors (Lipinski definition) is 3. The smallest absolute Gasteiger partial charge is 0.170 e. The fourth-order valence-electron chi connectivity index (χ4n) is 3.63. The minimum Gasteiger partial charge on any atom is -0.490 e. The Balaban J connectivity index is 2.37. The lowest BCUT2D eigenvalue weighted by molar-refractivity contribution is 0.0557. The van der Waals surface area contributed by atoms with Gasteiger partial charge in [0.05, 0.1) is 6.61 Å². The number of benzene rings is 2. The molecule has 0 aliphatic carbocycles. The maximum absolute atomic E-state index is 11.0. The van der Waals surface area contributed by atoms with Crippen molar-refractivity contribution in [1.29, 1.82) is 0 Å². The SMILES string of the molecule is CCOc1c(C(C)C)cc2ccc(C)c3c2c1OC(C=C(C)C)C3O. The largest absolute Gasteiger partial charge is 0.490 e. The van der Waals surface area contributed by atoms with Gasteiger partial charge in [0, 0.05) is 10.9 Å². The third-order valence-electron chi connectivity index (χ3n) is 4.77. The van der Waals surface area contributed by atoms with Crippen molar-refractivity contribution in [2.75, 3.05) is 6.61 Å². The van der Waals surface area contributed by atoms with Gasteiger partial charge in [0.2, 0.25) is 0 Å². The van der Waals surface area contributed by atoms with Crippen LogP contribution in [-0.2, 0) is 0 Å². The Hall–Kier alpha value is -2.00. The van der Waals surface area contributed by atoms with Crippen LogP contribution in [0.3, 0.4) is 0 Å². The maximum Gasteiger partial charge on any atom is 0.170 e. The quantitative estimate of drug-likeness (QED) is 0.754. The summed E-state index contributed by atoms with van der Waals surface area (Å²) in [5, 5.41) is 13.0. The number of aliphatic hydroxyl groups is 1. The minimum absolute atomic E-state index is 0.323. The second kappa shape index (κ2) is 6.72. The topological polar surface area (TPSA) is 38.7 Å². The molecule has 0 radical (unpaired) electrons. The Labute approximate surface area is 150 Å². The van der Waals surface area contributed by atoms with Gasteiger partial charge in [0.1, 0.15) is 12.2 Å². The molecule has 0 saturated heterocycles. The molecule has 2 atom stereocenters. The Kier molecular flexibility index (Phi) is 4.79. The number of allylic oxidation sites excluding steroid dienone is 1. The zero-order valence-electron chi connectivity index (χ0n) is 16.0. The molecule has 1 N–H and O–H groups in total. The Morgan fingerprint density at radius 1 is 1.32 bits per heavy atom. The molecule has 25 heavy (non-hydrogen) atoms. The molecule has 134 valence electrons. The van der Waals surface area contributed by atoms with Crippen LogP contribution in [0.1, 0.15) is 63.3 Å². The summed E-state index contributed by atoms with van der Waals surface area (Å²) < 4.78 is 12.3. The van der Waals surface area contributed by atoms with Gasteiger partial charge in [-0.2, -0.15) is 0 Å². The number of aliphatic hydroxyl groups excluding tert-OH is 1. The maximum atomic E-state index is 11.0. The summed E-state index contributed by atoms with van der Waals surface area (Å²) in [7, 11) is 0. The lowest BCUT2D eigenvalue weighted by Crippen LogP contribution is -2.28. The summed E-state index contributed by atoms with van der Waals surface area (Å²) in [6, 6.07) is 6.37. The number of hydrogen-bond donors (Lipinski definition) is 1. The number of rotatable bonds is 4. The van der Waals surface area contributed by atoms with Crippen LogP contribution >= 0.6 is 0 Å². The first-order valence-corrected chi connectivity index (χ1v) is 9.07. The average molecular weight is 340 g/mol. The van der Waals surface area contributed by atoms with Crippen LogP contribution < -0.4 is 9.47 Å². The second-order valence-electron chi connectivity index (χ2n) is 7.38. The van der Waals surface area contributed by atoms with Gasteiger partial charge in [-0.1, -0.05) is 31.6 Å². The van der Waals surface area contributed by atoms with Crippen LogP contribution in [0.25, 0.3) is 10.8 Å². The molecule has 3 nitrogen and oxygen atoms in total. The molecule has 0 spiro atoms. The van der Waals surface area contributed by atoms with Crippen molar-refractivity contribution in [3.63, 3.8) is 0 Å². The third-order valence-corrected chi connectivity index (χ3v) is 4.77. The molecule has 1 aliphatic rings. The fraction of sp³-hybridized carbons (Fsp3) is 0.455. The molecule has 3 rings (SSSR count). The van der Waals surface area contributed by atoms with Crippen LogP contribution in [0.5, 0.6) is 11.5 Å². The monoisotopic (exact) mass is 340 g/mol. The molecule has 0 saturated carbocycles. The number of aryl methyl sites for hydroxylation is 1. The Morgan fingerprint density at radius 3 is 2.64 bits per heavy atom. The molecule has 0 bridgehead atoms. The van der Waals surface area contributed by atoms with Crippen LogP contribution in [0, 0.1) is 6.92 Å². The Bertz CT molecular complexity index is 829. The van der Waals surface area contributed by atoms with Crippen LogP contribution in [0.2, 0.25) is 0 Å². The zero-order valence-corrected chi connectivity index (χ0v) is 16.0. The summed E-state index contributed by atoms with van der Waals surface area (Å²) in [5.74, 6) is 1.91. The van der Waals surface area contributed by atoms with Gasteiger partial charge in [-0.15, -0.1) is 0 Å². The van der Waals surface area contributed by atoms with Gasteiger partial charge in [-0.3, -0.25) is 0 Å². The van der Waals surface area contributed by atoms with E-state index in [-0.39, 0.29) is 0 Å². The predicted octanol–water partition coefficient (Wildman–Crippen LogP) is 5.43. The molecular weight excluding hydrogens is 312 g/mol. The van der Waals surface area contributed by atoms with Gasteiger partial charge in [0.25, 0.3) is 0 Å². The van der Waals surface area contributed by atoms with E-state index in [2.05, 4.69) is 32.0 Å². The first-order chi connectivity index (χ1) is 11.8. The highest BCUT2D eigenvalue weighted by molar-refractivity contribution is 5.96. The van der Waals surface area contributed by atoms with Crippen molar-refractivity contribution in [3.05, 3.63) is 46.5 Å². The molecule has 2 aromatic rings. The lowest BCUT2D eigenvalue weighted by Gasteiger charge is -2.33. The highest BCUT2D eigenvalue weighted by atomic mass is 16.5. The van der Waals surface area contributed by atoms with E-state index in [1.165, 1.54) is 0 Å². The summed E-state index contributed by atoms with van der Waals surface area (Å²) in [6.45, 7) is 13.0. The molecule has 2 unspecified atom stereocenters. The zero-order chi connectivity index (χ0) is 18.3. The predicted molar refractivity (Wildman–Crippen MR) is 103 cm³/mol. The van der Waals surface area contributed by atoms with Gasteiger partial charge in [-0.25, -0.2) is 0 Å². The standard InChI is InChI=1S/C22H28O3/c1-7-24-21-16(13(4)5)11-15-9-8-14(6)18-19(15)22(21)25-17(20(18)23)10-12(2)3/h8-11,13,17,20,23H,7H2,1-6H3. The summed E-state index contributed by atoms with van der Waals surface area (Å²) in [6.07, 6.45) is 0.915. The molecule has 1 heterocycles. The first kappa shape index (κ1) is 17.8. The van der Waals surface area contributed by atoms with Gasteiger partial charge in [0.15, 0.2) is 11.5 Å². The van der Waals surface area contributed by atoms with E-state index >= 15 is 0 Å². The minimum atomic E-state index is -0.675. The van der Waals surface area contributed by atoms with E-state index in [1.54, 1.807) is 0 Å². The van der Waals surface area contributed by atoms with Gasteiger partial charge >= 0.3 is 0 Å². The van der Waals surface area contributed by atoms with Gasteiger partial charge in [-0.05, 0) is 62.3 Å². The van der Waals surface area contributed by atoms with Crippen molar-refractivity contribution in [1.82, 2.24) is 0 Å². The van der Waals surface area contributed by atoms with Gasteiger partial charge < -0.3 is 14.6 Å². The average Bonchev–Trinajstić information content (AvgIpc) is 2.54. The number of ether oxygens (including phenoxy) is 2. The molecule has 0 aromatic heterocycles. The van der Waals surface area contributed by atoms with Crippen molar-refractivity contribution in [2.24, 2.45) is 0 Å². The molecule has 0 amide bonds. The van der Waals surface area contributed by atoms with E-state index in [1.807, 2.05) is 33.8 Å². The molecule has 0 fully saturated rings. The van der Waals surface area contributed by atoms with E-state index in [0.29, 0.717) is 12.5 Å². The van der Waals surface area contributed by atoms with Crippen molar-refractivity contribution < 1.29 is 14.6 Å². The lowest BCUT2D eigenvalue weighted by atomic mass is 9.87. The van der Waals surface area contributed by atoms with Crippen molar-refractivity contribution in [3.8, 4) is 11.5 Å². The summed E-state index contributed by atoms with van der Waals surface area (Å²) in [5.41, 5.74) is 4.30. The van der Waals surface area contributed by atoms with Crippen molar-refractivity contribution >= 4 is 10.8 Å². The van der Waals surface area contributed by atoms with E-state index in [9.17, 15) is 5.11 Å². The molecule has 1 aliphatic heterocycles. The first-order valence-electron chi connectivity index (χ1n) is 9.07. The van der Waals surface area contributed by atoms with Crippen LogP contribution in [-0.4, -0.2) is 17.8 Å². The summed E-state index contributed by atoms with van der Waals surface area (Å²) in [4.78, 5) is 0. The second-order valence-corrected chi connectivity index (χ2v) is 7.38.